The molecular weight excluding hydrogens is 176 g/mol. The van der Waals surface area contributed by atoms with Crippen molar-refractivity contribution in [1.82, 2.24) is 9.55 Å². The number of aryl methyl sites for hydroxylation is 1. The number of nitrogens with zero attached hydrogens (tertiary/aromatic N) is 2. The monoisotopic (exact) mass is 188 g/mol. The fraction of sp³-hybridized carbons (Fsp3) is 0.364. The summed E-state index contributed by atoms with van der Waals surface area (Å²) < 4.78 is 2.16. The van der Waals surface area contributed by atoms with Crippen LogP contribution in [0, 0.1) is 6.92 Å². The fourth-order valence-electron chi connectivity index (χ4n) is 2.03. The van der Waals surface area contributed by atoms with E-state index in [-0.39, 0.29) is 0 Å². The number of phenolic OH excluding ortho intramolecular Hbond substituents is 1. The van der Waals surface area contributed by atoms with Gasteiger partial charge in [-0.05, 0) is 31.9 Å². The summed E-state index contributed by atoms with van der Waals surface area (Å²) in [4.78, 5) is 4.44. The predicted octanol–water partition coefficient (Wildman–Crippen LogP) is 2.39. The molecule has 3 heteroatoms. The number of rotatable bonds is 1. The number of imidazole rings is 1. The molecular formula is C11H12N2O. The van der Waals surface area contributed by atoms with E-state index in [0.29, 0.717) is 11.8 Å². The van der Waals surface area contributed by atoms with E-state index < -0.39 is 0 Å². The Kier molecular flexibility index (Phi) is 1.40. The topological polar surface area (TPSA) is 38.1 Å². The van der Waals surface area contributed by atoms with Crippen LogP contribution < -0.4 is 0 Å². The molecule has 1 aliphatic carbocycles. The van der Waals surface area contributed by atoms with E-state index in [1.165, 1.54) is 12.8 Å². The van der Waals surface area contributed by atoms with Gasteiger partial charge in [-0.2, -0.15) is 0 Å². The predicted molar refractivity (Wildman–Crippen MR) is 54.4 cm³/mol. The highest BCUT2D eigenvalue weighted by atomic mass is 16.3. The summed E-state index contributed by atoms with van der Waals surface area (Å²) in [7, 11) is 0. The van der Waals surface area contributed by atoms with Gasteiger partial charge in [-0.3, -0.25) is 0 Å². The van der Waals surface area contributed by atoms with Crippen LogP contribution in [0.4, 0.5) is 0 Å². The van der Waals surface area contributed by atoms with E-state index in [1.54, 1.807) is 6.07 Å². The Labute approximate surface area is 82.0 Å². The van der Waals surface area contributed by atoms with E-state index in [1.807, 2.05) is 19.1 Å². The molecule has 0 spiro atoms. The number of aromatic hydroxyl groups is 1. The largest absolute Gasteiger partial charge is 0.506 e. The Morgan fingerprint density at radius 3 is 2.93 bits per heavy atom. The second kappa shape index (κ2) is 2.50. The molecule has 3 rings (SSSR count). The lowest BCUT2D eigenvalue weighted by Crippen LogP contribution is -1.96. The average Bonchev–Trinajstić information content (AvgIpc) is 2.90. The zero-order valence-electron chi connectivity index (χ0n) is 8.07. The maximum atomic E-state index is 9.78. The maximum Gasteiger partial charge on any atom is 0.141 e. The van der Waals surface area contributed by atoms with Crippen molar-refractivity contribution in [2.75, 3.05) is 0 Å². The smallest absolute Gasteiger partial charge is 0.141 e. The molecule has 0 radical (unpaired) electrons. The number of benzene rings is 1. The van der Waals surface area contributed by atoms with Crippen LogP contribution in [0.5, 0.6) is 5.75 Å². The summed E-state index contributed by atoms with van der Waals surface area (Å²) >= 11 is 0. The Hall–Kier alpha value is -1.51. The van der Waals surface area contributed by atoms with Crippen molar-refractivity contribution in [2.45, 2.75) is 25.8 Å². The molecule has 1 aliphatic rings. The van der Waals surface area contributed by atoms with Gasteiger partial charge in [-0.1, -0.05) is 6.07 Å². The van der Waals surface area contributed by atoms with Gasteiger partial charge in [0, 0.05) is 6.04 Å². The molecule has 0 atom stereocenters. The minimum atomic E-state index is 0.343. The summed E-state index contributed by atoms with van der Waals surface area (Å²) in [6.45, 7) is 2.00. The van der Waals surface area contributed by atoms with Crippen LogP contribution in [0.3, 0.4) is 0 Å². The molecule has 0 saturated heterocycles. The van der Waals surface area contributed by atoms with Crippen LogP contribution in [0.1, 0.15) is 24.7 Å². The molecule has 0 aliphatic heterocycles. The first-order valence-electron chi connectivity index (χ1n) is 4.94. The van der Waals surface area contributed by atoms with E-state index in [9.17, 15) is 5.11 Å². The maximum absolute atomic E-state index is 9.78. The van der Waals surface area contributed by atoms with Crippen LogP contribution >= 0.6 is 0 Å². The van der Waals surface area contributed by atoms with Gasteiger partial charge < -0.3 is 9.67 Å². The third kappa shape index (κ3) is 0.953. The molecule has 14 heavy (non-hydrogen) atoms. The van der Waals surface area contributed by atoms with Gasteiger partial charge in [0.15, 0.2) is 0 Å². The van der Waals surface area contributed by atoms with Crippen LogP contribution in [0.15, 0.2) is 18.2 Å². The van der Waals surface area contributed by atoms with E-state index in [0.717, 1.165) is 16.9 Å². The van der Waals surface area contributed by atoms with Crippen LogP contribution in [0.2, 0.25) is 0 Å². The Bertz CT molecular complexity index is 497. The van der Waals surface area contributed by atoms with Crippen molar-refractivity contribution in [3.63, 3.8) is 0 Å². The summed E-state index contributed by atoms with van der Waals surface area (Å²) in [5.41, 5.74) is 1.79. The molecule has 1 aromatic carbocycles. The van der Waals surface area contributed by atoms with E-state index >= 15 is 0 Å². The molecule has 1 saturated carbocycles. The molecule has 0 unspecified atom stereocenters. The van der Waals surface area contributed by atoms with Crippen molar-refractivity contribution in [3.05, 3.63) is 24.0 Å². The minimum absolute atomic E-state index is 0.343. The molecule has 72 valence electrons. The lowest BCUT2D eigenvalue weighted by molar-refractivity contribution is 0.477. The molecule has 1 aromatic heterocycles. The van der Waals surface area contributed by atoms with Crippen molar-refractivity contribution in [2.24, 2.45) is 0 Å². The third-order valence-corrected chi connectivity index (χ3v) is 2.78. The second-order valence-corrected chi connectivity index (χ2v) is 3.91. The van der Waals surface area contributed by atoms with Crippen LogP contribution in [0.25, 0.3) is 11.0 Å². The van der Waals surface area contributed by atoms with Crippen LogP contribution in [-0.4, -0.2) is 14.7 Å². The molecule has 2 aromatic rings. The van der Waals surface area contributed by atoms with E-state index in [4.69, 9.17) is 0 Å². The van der Waals surface area contributed by atoms with Crippen molar-refractivity contribution in [3.8, 4) is 5.75 Å². The number of hydrogen-bond donors (Lipinski definition) is 1. The summed E-state index contributed by atoms with van der Waals surface area (Å²) in [5, 5.41) is 9.78. The average molecular weight is 188 g/mol. The standard InChI is InChI=1S/C11H12N2O/c1-7-12-9-3-2-4-10(14)11(9)13(7)8-5-6-8/h2-4,8,14H,5-6H2,1H3. The number of aromatic nitrogens is 2. The first-order chi connectivity index (χ1) is 6.77. The number of phenols is 1. The lowest BCUT2D eigenvalue weighted by atomic mass is 10.3. The first-order valence-corrected chi connectivity index (χ1v) is 4.94. The molecule has 1 fully saturated rings. The molecule has 1 heterocycles. The molecule has 1 N–H and O–H groups in total. The van der Waals surface area contributed by atoms with Gasteiger partial charge in [-0.25, -0.2) is 4.98 Å². The fourth-order valence-corrected chi connectivity index (χ4v) is 2.03. The normalized spacial score (nSPS) is 16.4. The van der Waals surface area contributed by atoms with Crippen LogP contribution in [-0.2, 0) is 0 Å². The van der Waals surface area contributed by atoms with Gasteiger partial charge in [0.1, 0.15) is 17.1 Å². The SMILES string of the molecule is Cc1nc2cccc(O)c2n1C1CC1. The minimum Gasteiger partial charge on any atom is -0.506 e. The van der Waals surface area contributed by atoms with Gasteiger partial charge in [-0.15, -0.1) is 0 Å². The Balaban J connectivity index is 2.39. The highest BCUT2D eigenvalue weighted by Gasteiger charge is 2.27. The summed E-state index contributed by atoms with van der Waals surface area (Å²) in [6, 6.07) is 6.07. The van der Waals surface area contributed by atoms with Gasteiger partial charge in [0.05, 0.1) is 5.52 Å². The van der Waals surface area contributed by atoms with Gasteiger partial charge in [0.2, 0.25) is 0 Å². The Morgan fingerprint density at radius 1 is 1.43 bits per heavy atom. The highest BCUT2D eigenvalue weighted by Crippen LogP contribution is 2.40. The highest BCUT2D eigenvalue weighted by molar-refractivity contribution is 5.82. The van der Waals surface area contributed by atoms with Crippen molar-refractivity contribution in [1.29, 1.82) is 0 Å². The molecule has 0 amide bonds. The van der Waals surface area contributed by atoms with E-state index in [2.05, 4.69) is 9.55 Å². The summed E-state index contributed by atoms with van der Waals surface area (Å²) in [6.07, 6.45) is 2.42. The Morgan fingerprint density at radius 2 is 2.21 bits per heavy atom. The zero-order chi connectivity index (χ0) is 9.71. The summed E-state index contributed by atoms with van der Waals surface area (Å²) in [5.74, 6) is 1.35. The second-order valence-electron chi connectivity index (χ2n) is 3.91. The van der Waals surface area contributed by atoms with Gasteiger partial charge >= 0.3 is 0 Å². The number of fused-ring (bicyclic) bond motifs is 1. The van der Waals surface area contributed by atoms with Crippen molar-refractivity contribution >= 4 is 11.0 Å². The molecule has 0 bridgehead atoms. The van der Waals surface area contributed by atoms with Crippen molar-refractivity contribution < 1.29 is 5.11 Å². The number of para-hydroxylation sites is 1. The van der Waals surface area contributed by atoms with Gasteiger partial charge in [0.25, 0.3) is 0 Å². The number of hydrogen-bond acceptors (Lipinski definition) is 2. The third-order valence-electron chi connectivity index (χ3n) is 2.78. The quantitative estimate of drug-likeness (QED) is 0.746. The molecule has 3 nitrogen and oxygen atoms in total. The lowest BCUT2D eigenvalue weighted by Gasteiger charge is -2.04. The first kappa shape index (κ1) is 7.85. The zero-order valence-corrected chi connectivity index (χ0v) is 8.07.